The first-order chi connectivity index (χ1) is 9.63. The Labute approximate surface area is 137 Å². The molecule has 0 bridgehead atoms. The number of likely N-dealkylation sites (tertiary alicyclic amines) is 1. The molecular formula is C15H22Cl2N2O2. The van der Waals surface area contributed by atoms with Crippen molar-refractivity contribution >= 4 is 29.2 Å². The predicted molar refractivity (Wildman–Crippen MR) is 88.2 cm³/mol. The lowest BCUT2D eigenvalue weighted by atomic mass is 10.1. The highest BCUT2D eigenvalue weighted by Crippen LogP contribution is 2.32. The van der Waals surface area contributed by atoms with Crippen molar-refractivity contribution in [2.45, 2.75) is 38.8 Å². The van der Waals surface area contributed by atoms with Crippen LogP contribution in [0.2, 0.25) is 0 Å². The number of nitrogens with one attached hydrogen (secondary N) is 1. The number of hydrogen-bond acceptors (Lipinski definition) is 4. The molecule has 1 atom stereocenters. The minimum atomic E-state index is -0.182. The average Bonchev–Trinajstić information content (AvgIpc) is 2.47. The van der Waals surface area contributed by atoms with Crippen LogP contribution in [0, 0.1) is 5.41 Å². The number of phenols is 1. The first kappa shape index (κ1) is 18.1. The molecule has 6 heteroatoms. The molecule has 1 saturated heterocycles. The standard InChI is InChI=1S/C15H21ClN2O2.ClH/c1-2-13(18-9-4-3-5-10-18)20-12-8-6-7-11(14(12)19)15(16)17;/h6-8,13,17,19H,2-5,9-10H2,1H3;1H. The van der Waals surface area contributed by atoms with E-state index in [0.717, 1.165) is 19.5 Å². The maximum atomic E-state index is 10.1. The zero-order chi connectivity index (χ0) is 14.5. The van der Waals surface area contributed by atoms with Crippen LogP contribution < -0.4 is 4.74 Å². The van der Waals surface area contributed by atoms with Crippen molar-refractivity contribution in [3.63, 3.8) is 0 Å². The normalized spacial score (nSPS) is 16.9. The van der Waals surface area contributed by atoms with Gasteiger partial charge in [-0.05, 0) is 31.4 Å². The van der Waals surface area contributed by atoms with E-state index in [-0.39, 0.29) is 29.6 Å². The van der Waals surface area contributed by atoms with Crippen molar-refractivity contribution in [2.75, 3.05) is 13.1 Å². The number of hydrogen-bond donors (Lipinski definition) is 2. The molecule has 2 rings (SSSR count). The zero-order valence-corrected chi connectivity index (χ0v) is 13.7. The van der Waals surface area contributed by atoms with Crippen LogP contribution in [0.1, 0.15) is 38.2 Å². The Balaban J connectivity index is 0.00000220. The fraction of sp³-hybridized carbons (Fsp3) is 0.533. The summed E-state index contributed by atoms with van der Waals surface area (Å²) in [5.74, 6) is 0.341. The summed E-state index contributed by atoms with van der Waals surface area (Å²) in [6.07, 6.45) is 4.47. The van der Waals surface area contributed by atoms with Crippen LogP contribution in [-0.4, -0.2) is 34.5 Å². The van der Waals surface area contributed by atoms with Crippen LogP contribution in [0.15, 0.2) is 18.2 Å². The second kappa shape index (κ2) is 8.47. The zero-order valence-electron chi connectivity index (χ0n) is 12.1. The van der Waals surface area contributed by atoms with Crippen molar-refractivity contribution < 1.29 is 9.84 Å². The molecule has 1 aromatic rings. The molecule has 0 amide bonds. The molecule has 1 fully saturated rings. The number of benzene rings is 1. The van der Waals surface area contributed by atoms with Gasteiger partial charge < -0.3 is 9.84 Å². The molecule has 1 heterocycles. The molecule has 0 radical (unpaired) electrons. The van der Waals surface area contributed by atoms with Gasteiger partial charge >= 0.3 is 0 Å². The highest BCUT2D eigenvalue weighted by atomic mass is 35.5. The summed E-state index contributed by atoms with van der Waals surface area (Å²) in [6, 6.07) is 5.06. The van der Waals surface area contributed by atoms with Gasteiger partial charge in [0.25, 0.3) is 0 Å². The molecule has 2 N–H and O–H groups in total. The van der Waals surface area contributed by atoms with Crippen LogP contribution in [0.4, 0.5) is 0 Å². The van der Waals surface area contributed by atoms with E-state index >= 15 is 0 Å². The van der Waals surface area contributed by atoms with Crippen molar-refractivity contribution in [3.8, 4) is 11.5 Å². The van der Waals surface area contributed by atoms with Crippen molar-refractivity contribution in [3.05, 3.63) is 23.8 Å². The second-order valence-corrected chi connectivity index (χ2v) is 5.42. The van der Waals surface area contributed by atoms with Crippen LogP contribution in [0.5, 0.6) is 11.5 Å². The third kappa shape index (κ3) is 4.50. The summed E-state index contributed by atoms with van der Waals surface area (Å²) >= 11 is 5.66. The van der Waals surface area contributed by atoms with Gasteiger partial charge in [0.2, 0.25) is 0 Å². The lowest BCUT2D eigenvalue weighted by molar-refractivity contribution is 0.00823. The number of ether oxygens (including phenoxy) is 1. The third-order valence-electron chi connectivity index (χ3n) is 3.65. The van der Waals surface area contributed by atoms with E-state index in [1.807, 2.05) is 0 Å². The van der Waals surface area contributed by atoms with Gasteiger partial charge in [0.05, 0.1) is 5.56 Å². The number of nitrogens with zero attached hydrogens (tertiary/aromatic N) is 1. The Morgan fingerprint density at radius 2 is 2.05 bits per heavy atom. The summed E-state index contributed by atoms with van der Waals surface area (Å²) in [6.45, 7) is 4.14. The number of para-hydroxylation sites is 1. The van der Waals surface area contributed by atoms with Gasteiger partial charge in [-0.1, -0.05) is 31.0 Å². The smallest absolute Gasteiger partial charge is 0.168 e. The van der Waals surface area contributed by atoms with E-state index in [1.54, 1.807) is 18.2 Å². The number of aromatic hydroxyl groups is 1. The van der Waals surface area contributed by atoms with E-state index in [1.165, 1.54) is 19.3 Å². The third-order valence-corrected chi connectivity index (χ3v) is 3.85. The molecule has 0 aromatic heterocycles. The monoisotopic (exact) mass is 332 g/mol. The molecule has 1 aliphatic rings. The molecule has 1 aliphatic heterocycles. The van der Waals surface area contributed by atoms with Gasteiger partial charge in [0.1, 0.15) is 5.17 Å². The van der Waals surface area contributed by atoms with Crippen LogP contribution >= 0.6 is 24.0 Å². The Morgan fingerprint density at radius 3 is 2.62 bits per heavy atom. The molecule has 118 valence electrons. The minimum absolute atomic E-state index is 0. The Morgan fingerprint density at radius 1 is 1.38 bits per heavy atom. The second-order valence-electron chi connectivity index (χ2n) is 5.04. The van der Waals surface area contributed by atoms with E-state index in [0.29, 0.717) is 11.3 Å². The quantitative estimate of drug-likeness (QED) is 0.802. The van der Waals surface area contributed by atoms with Crippen molar-refractivity contribution in [2.24, 2.45) is 0 Å². The molecule has 1 unspecified atom stereocenters. The van der Waals surface area contributed by atoms with Gasteiger partial charge in [-0.3, -0.25) is 10.3 Å². The largest absolute Gasteiger partial charge is 0.504 e. The van der Waals surface area contributed by atoms with Crippen molar-refractivity contribution in [1.29, 1.82) is 5.41 Å². The Bertz CT molecular complexity index is 477. The van der Waals surface area contributed by atoms with E-state index in [2.05, 4.69) is 11.8 Å². The number of halogens is 2. The molecular weight excluding hydrogens is 311 g/mol. The van der Waals surface area contributed by atoms with Crippen LogP contribution in [0.3, 0.4) is 0 Å². The lowest BCUT2D eigenvalue weighted by Crippen LogP contribution is -2.42. The predicted octanol–water partition coefficient (Wildman–Crippen LogP) is 3.98. The molecule has 21 heavy (non-hydrogen) atoms. The molecule has 4 nitrogen and oxygen atoms in total. The van der Waals surface area contributed by atoms with Crippen LogP contribution in [0.25, 0.3) is 0 Å². The Kier molecular flexibility index (Phi) is 7.29. The highest BCUT2D eigenvalue weighted by Gasteiger charge is 2.22. The van der Waals surface area contributed by atoms with Gasteiger partial charge in [-0.15, -0.1) is 12.4 Å². The summed E-state index contributed by atoms with van der Waals surface area (Å²) in [7, 11) is 0. The SMILES string of the molecule is CCC(Oc1cccc(C(=N)Cl)c1O)N1CCCCC1.Cl. The summed E-state index contributed by atoms with van der Waals surface area (Å²) in [4.78, 5) is 2.31. The summed E-state index contributed by atoms with van der Waals surface area (Å²) < 4.78 is 5.95. The van der Waals surface area contributed by atoms with Crippen molar-refractivity contribution in [1.82, 2.24) is 4.90 Å². The number of piperidine rings is 1. The first-order valence-electron chi connectivity index (χ1n) is 7.10. The first-order valence-corrected chi connectivity index (χ1v) is 7.48. The van der Waals surface area contributed by atoms with Gasteiger partial charge in [0, 0.05) is 13.1 Å². The van der Waals surface area contributed by atoms with Gasteiger partial charge in [-0.2, -0.15) is 0 Å². The molecule has 0 spiro atoms. The van der Waals surface area contributed by atoms with Crippen LogP contribution in [-0.2, 0) is 0 Å². The summed E-state index contributed by atoms with van der Waals surface area (Å²) in [5, 5.41) is 17.4. The van der Waals surface area contributed by atoms with Gasteiger partial charge in [0.15, 0.2) is 17.7 Å². The maximum Gasteiger partial charge on any atom is 0.168 e. The number of rotatable bonds is 5. The van der Waals surface area contributed by atoms with E-state index < -0.39 is 0 Å². The van der Waals surface area contributed by atoms with E-state index in [9.17, 15) is 5.11 Å². The fourth-order valence-electron chi connectivity index (χ4n) is 2.56. The molecule has 0 saturated carbocycles. The average molecular weight is 333 g/mol. The molecule has 0 aliphatic carbocycles. The topological polar surface area (TPSA) is 56.6 Å². The van der Waals surface area contributed by atoms with Gasteiger partial charge in [-0.25, -0.2) is 0 Å². The minimum Gasteiger partial charge on any atom is -0.504 e. The lowest BCUT2D eigenvalue weighted by Gasteiger charge is -2.34. The van der Waals surface area contributed by atoms with E-state index in [4.69, 9.17) is 21.7 Å². The Hall–Kier alpha value is -0.970. The number of phenolic OH excluding ortho intramolecular Hbond substituents is 1. The highest BCUT2D eigenvalue weighted by molar-refractivity contribution is 6.69. The maximum absolute atomic E-state index is 10.1. The summed E-state index contributed by atoms with van der Waals surface area (Å²) in [5.41, 5.74) is 0.303. The fourth-order valence-corrected chi connectivity index (χ4v) is 2.72. The molecule has 1 aromatic carbocycles.